The molecule has 1 aromatic heterocycles. The highest BCUT2D eigenvalue weighted by Crippen LogP contribution is 2.18. The molecule has 0 bridgehead atoms. The Labute approximate surface area is 90.5 Å². The predicted octanol–water partition coefficient (Wildman–Crippen LogP) is 2.07. The minimum absolute atomic E-state index is 0.0478. The SMILES string of the molecule is CCOC(=O)c1cc(C#N)cc(C(F)F)n1. The summed E-state index contributed by atoms with van der Waals surface area (Å²) >= 11 is 0. The summed E-state index contributed by atoms with van der Waals surface area (Å²) in [6.07, 6.45) is -2.83. The van der Waals surface area contributed by atoms with Crippen LogP contribution in [-0.2, 0) is 4.74 Å². The Hall–Kier alpha value is -2.03. The van der Waals surface area contributed by atoms with Crippen LogP contribution in [0.2, 0.25) is 0 Å². The lowest BCUT2D eigenvalue weighted by Crippen LogP contribution is -2.09. The van der Waals surface area contributed by atoms with Gasteiger partial charge < -0.3 is 4.74 Å². The Morgan fingerprint density at radius 2 is 2.31 bits per heavy atom. The molecule has 1 heterocycles. The van der Waals surface area contributed by atoms with E-state index < -0.39 is 18.1 Å². The molecule has 1 aromatic rings. The van der Waals surface area contributed by atoms with Crippen LogP contribution in [0.4, 0.5) is 8.78 Å². The molecule has 0 amide bonds. The summed E-state index contributed by atoms with van der Waals surface area (Å²) in [4.78, 5) is 14.7. The van der Waals surface area contributed by atoms with E-state index in [-0.39, 0.29) is 17.9 Å². The van der Waals surface area contributed by atoms with Gasteiger partial charge in [0.05, 0.1) is 18.2 Å². The van der Waals surface area contributed by atoms with Gasteiger partial charge in [0, 0.05) is 0 Å². The predicted molar refractivity (Wildman–Crippen MR) is 49.9 cm³/mol. The van der Waals surface area contributed by atoms with Gasteiger partial charge >= 0.3 is 5.97 Å². The van der Waals surface area contributed by atoms with Gasteiger partial charge in [0.25, 0.3) is 6.43 Å². The molecule has 0 aliphatic rings. The summed E-state index contributed by atoms with van der Waals surface area (Å²) < 4.78 is 29.4. The maximum absolute atomic E-state index is 12.4. The molecule has 0 N–H and O–H groups in total. The number of alkyl halides is 2. The third-order valence-corrected chi connectivity index (χ3v) is 1.68. The third kappa shape index (κ3) is 2.73. The van der Waals surface area contributed by atoms with Crippen LogP contribution >= 0.6 is 0 Å². The van der Waals surface area contributed by atoms with Gasteiger partial charge in [0.2, 0.25) is 0 Å². The Bertz CT molecular complexity index is 441. The lowest BCUT2D eigenvalue weighted by atomic mass is 10.2. The first-order chi connectivity index (χ1) is 7.58. The second kappa shape index (κ2) is 5.16. The quantitative estimate of drug-likeness (QED) is 0.740. The summed E-state index contributed by atoms with van der Waals surface area (Å²) in [5.74, 6) is -0.818. The average Bonchev–Trinajstić information content (AvgIpc) is 2.28. The lowest BCUT2D eigenvalue weighted by Gasteiger charge is -2.04. The van der Waals surface area contributed by atoms with E-state index in [9.17, 15) is 13.6 Å². The van der Waals surface area contributed by atoms with Crippen molar-refractivity contribution in [2.24, 2.45) is 0 Å². The number of halogens is 2. The number of carbonyl (C=O) groups is 1. The van der Waals surface area contributed by atoms with Crippen molar-refractivity contribution in [2.45, 2.75) is 13.3 Å². The largest absolute Gasteiger partial charge is 0.461 e. The molecule has 16 heavy (non-hydrogen) atoms. The molecule has 6 heteroatoms. The minimum atomic E-state index is -2.83. The van der Waals surface area contributed by atoms with E-state index in [2.05, 4.69) is 9.72 Å². The average molecular weight is 226 g/mol. The monoisotopic (exact) mass is 226 g/mol. The summed E-state index contributed by atoms with van der Waals surface area (Å²) in [6.45, 7) is 1.70. The number of ether oxygens (including phenoxy) is 1. The van der Waals surface area contributed by atoms with Gasteiger partial charge in [-0.1, -0.05) is 0 Å². The molecule has 0 radical (unpaired) electrons. The van der Waals surface area contributed by atoms with Crippen molar-refractivity contribution in [1.29, 1.82) is 5.26 Å². The van der Waals surface area contributed by atoms with Crippen LogP contribution in [0.1, 0.15) is 35.1 Å². The van der Waals surface area contributed by atoms with Crippen LogP contribution in [0.5, 0.6) is 0 Å². The fraction of sp³-hybridized carbons (Fsp3) is 0.300. The van der Waals surface area contributed by atoms with Crippen molar-refractivity contribution in [3.05, 3.63) is 29.1 Å². The Morgan fingerprint density at radius 1 is 1.62 bits per heavy atom. The Morgan fingerprint density at radius 3 is 2.81 bits per heavy atom. The van der Waals surface area contributed by atoms with Crippen LogP contribution in [0, 0.1) is 11.3 Å². The summed E-state index contributed by atoms with van der Waals surface area (Å²) in [5.41, 5.74) is -0.938. The molecule has 84 valence electrons. The van der Waals surface area contributed by atoms with Crippen molar-refractivity contribution in [2.75, 3.05) is 6.61 Å². The van der Waals surface area contributed by atoms with Gasteiger partial charge in [-0.15, -0.1) is 0 Å². The second-order valence-electron chi connectivity index (χ2n) is 2.80. The van der Waals surface area contributed by atoms with Crippen LogP contribution in [0.15, 0.2) is 12.1 Å². The number of nitrogens with zero attached hydrogens (tertiary/aromatic N) is 2. The van der Waals surface area contributed by atoms with Crippen LogP contribution in [-0.4, -0.2) is 17.6 Å². The van der Waals surface area contributed by atoms with Crippen molar-refractivity contribution in [3.8, 4) is 6.07 Å². The minimum Gasteiger partial charge on any atom is -0.461 e. The fourth-order valence-corrected chi connectivity index (χ4v) is 1.04. The van der Waals surface area contributed by atoms with Crippen LogP contribution < -0.4 is 0 Å². The molecule has 0 aliphatic carbocycles. The maximum Gasteiger partial charge on any atom is 0.356 e. The van der Waals surface area contributed by atoms with E-state index in [1.54, 1.807) is 13.0 Å². The molecule has 0 atom stereocenters. The van der Waals surface area contributed by atoms with E-state index in [1.807, 2.05) is 0 Å². The lowest BCUT2D eigenvalue weighted by molar-refractivity contribution is 0.0518. The Balaban J connectivity index is 3.15. The highest BCUT2D eigenvalue weighted by atomic mass is 19.3. The number of hydrogen-bond acceptors (Lipinski definition) is 4. The maximum atomic E-state index is 12.4. The number of rotatable bonds is 3. The molecule has 4 nitrogen and oxygen atoms in total. The first-order valence-corrected chi connectivity index (χ1v) is 4.45. The molecule has 0 saturated carbocycles. The number of aromatic nitrogens is 1. The van der Waals surface area contributed by atoms with E-state index in [4.69, 9.17) is 5.26 Å². The molecule has 1 rings (SSSR count). The number of nitriles is 1. The van der Waals surface area contributed by atoms with Crippen LogP contribution in [0.25, 0.3) is 0 Å². The molecule has 0 unspecified atom stereocenters. The summed E-state index contributed by atoms with van der Waals surface area (Å²) in [6, 6.07) is 3.73. The van der Waals surface area contributed by atoms with Gasteiger partial charge in [-0.3, -0.25) is 0 Å². The Kier molecular flexibility index (Phi) is 3.89. The summed E-state index contributed by atoms with van der Waals surface area (Å²) in [5, 5.41) is 8.61. The number of carbonyl (C=O) groups excluding carboxylic acids is 1. The van der Waals surface area contributed by atoms with Crippen molar-refractivity contribution in [3.63, 3.8) is 0 Å². The zero-order valence-corrected chi connectivity index (χ0v) is 8.41. The number of hydrogen-bond donors (Lipinski definition) is 0. The number of pyridine rings is 1. The zero-order chi connectivity index (χ0) is 12.1. The molecule has 0 aliphatic heterocycles. The van der Waals surface area contributed by atoms with Crippen molar-refractivity contribution in [1.82, 2.24) is 4.98 Å². The topological polar surface area (TPSA) is 63.0 Å². The standard InChI is InChI=1S/C10H8F2N2O2/c1-2-16-10(15)8-4-6(5-13)3-7(14-8)9(11)12/h3-4,9H,2H2,1H3. The van der Waals surface area contributed by atoms with Gasteiger partial charge in [0.1, 0.15) is 11.4 Å². The van der Waals surface area contributed by atoms with Gasteiger partial charge in [-0.05, 0) is 19.1 Å². The smallest absolute Gasteiger partial charge is 0.356 e. The van der Waals surface area contributed by atoms with Crippen LogP contribution in [0.3, 0.4) is 0 Å². The van der Waals surface area contributed by atoms with Crippen molar-refractivity contribution < 1.29 is 18.3 Å². The molecular weight excluding hydrogens is 218 g/mol. The van der Waals surface area contributed by atoms with Crippen molar-refractivity contribution >= 4 is 5.97 Å². The van der Waals surface area contributed by atoms with E-state index in [0.29, 0.717) is 0 Å². The normalized spacial score (nSPS) is 9.94. The highest BCUT2D eigenvalue weighted by molar-refractivity contribution is 5.87. The van der Waals surface area contributed by atoms with Gasteiger partial charge in [0.15, 0.2) is 0 Å². The van der Waals surface area contributed by atoms with Gasteiger partial charge in [-0.2, -0.15) is 5.26 Å². The highest BCUT2D eigenvalue weighted by Gasteiger charge is 2.16. The summed E-state index contributed by atoms with van der Waals surface area (Å²) in [7, 11) is 0. The first-order valence-electron chi connectivity index (χ1n) is 4.45. The zero-order valence-electron chi connectivity index (χ0n) is 8.41. The molecule has 0 aromatic carbocycles. The number of esters is 1. The molecular formula is C10H8F2N2O2. The van der Waals surface area contributed by atoms with E-state index in [1.165, 1.54) is 0 Å². The molecule has 0 saturated heterocycles. The third-order valence-electron chi connectivity index (χ3n) is 1.68. The second-order valence-corrected chi connectivity index (χ2v) is 2.80. The molecule has 0 fully saturated rings. The molecule has 0 spiro atoms. The fourth-order valence-electron chi connectivity index (χ4n) is 1.04. The first kappa shape index (κ1) is 12.0. The van der Waals surface area contributed by atoms with E-state index >= 15 is 0 Å². The van der Waals surface area contributed by atoms with E-state index in [0.717, 1.165) is 12.1 Å². The van der Waals surface area contributed by atoms with Gasteiger partial charge in [-0.25, -0.2) is 18.6 Å².